The molecule has 1 rings (SSSR count). The van der Waals surface area contributed by atoms with E-state index in [9.17, 15) is 0 Å². The Labute approximate surface area is 98.8 Å². The Hall–Kier alpha value is -1.02. The highest BCUT2D eigenvalue weighted by Crippen LogP contribution is 2.32. The van der Waals surface area contributed by atoms with Crippen molar-refractivity contribution in [3.63, 3.8) is 0 Å². The van der Waals surface area contributed by atoms with Gasteiger partial charge < -0.3 is 10.5 Å². The number of ether oxygens (including phenoxy) is 1. The molecule has 0 bridgehead atoms. The summed E-state index contributed by atoms with van der Waals surface area (Å²) < 4.78 is 5.85. The van der Waals surface area contributed by atoms with E-state index in [2.05, 4.69) is 39.8 Å². The number of benzene rings is 1. The Morgan fingerprint density at radius 2 is 1.94 bits per heavy atom. The van der Waals surface area contributed by atoms with Crippen LogP contribution in [0.25, 0.3) is 0 Å². The topological polar surface area (TPSA) is 35.2 Å². The summed E-state index contributed by atoms with van der Waals surface area (Å²) in [6, 6.07) is 6.23. The number of nitrogens with two attached hydrogens (primary N) is 1. The summed E-state index contributed by atoms with van der Waals surface area (Å²) in [6.07, 6.45) is 1.21. The highest BCUT2D eigenvalue weighted by molar-refractivity contribution is 5.42. The van der Waals surface area contributed by atoms with Crippen LogP contribution >= 0.6 is 0 Å². The van der Waals surface area contributed by atoms with Crippen LogP contribution in [0.1, 0.15) is 44.2 Å². The Morgan fingerprint density at radius 3 is 2.50 bits per heavy atom. The molecule has 1 aromatic carbocycles. The van der Waals surface area contributed by atoms with E-state index in [1.54, 1.807) is 0 Å². The van der Waals surface area contributed by atoms with Crippen molar-refractivity contribution >= 4 is 0 Å². The zero-order valence-electron chi connectivity index (χ0n) is 10.8. The molecular formula is C14H23NO. The minimum Gasteiger partial charge on any atom is -0.491 e. The van der Waals surface area contributed by atoms with Crippen molar-refractivity contribution in [3.8, 4) is 5.75 Å². The molecule has 0 aliphatic carbocycles. The predicted octanol–water partition coefficient (Wildman–Crippen LogP) is 3.23. The maximum absolute atomic E-state index is 5.85. The molecule has 2 N–H and O–H groups in total. The molecule has 0 amide bonds. The van der Waals surface area contributed by atoms with E-state index in [4.69, 9.17) is 10.5 Å². The zero-order chi connectivity index (χ0) is 12.1. The maximum atomic E-state index is 5.85. The summed E-state index contributed by atoms with van der Waals surface area (Å²) in [4.78, 5) is 0. The summed E-state index contributed by atoms with van der Waals surface area (Å²) in [6.45, 7) is 9.17. The molecule has 0 saturated heterocycles. The van der Waals surface area contributed by atoms with Crippen molar-refractivity contribution in [3.05, 3.63) is 29.3 Å². The molecule has 16 heavy (non-hydrogen) atoms. The fraction of sp³-hybridized carbons (Fsp3) is 0.571. The van der Waals surface area contributed by atoms with Crippen LogP contribution in [0.5, 0.6) is 5.75 Å². The van der Waals surface area contributed by atoms with Crippen molar-refractivity contribution in [2.75, 3.05) is 6.54 Å². The van der Waals surface area contributed by atoms with E-state index < -0.39 is 0 Å². The first kappa shape index (κ1) is 13.0. The van der Waals surface area contributed by atoms with Gasteiger partial charge in [0.05, 0.1) is 6.10 Å². The molecule has 0 aliphatic heterocycles. The van der Waals surface area contributed by atoms with E-state index in [0.29, 0.717) is 5.92 Å². The van der Waals surface area contributed by atoms with Gasteiger partial charge in [-0.2, -0.15) is 0 Å². The molecule has 1 unspecified atom stereocenters. The molecule has 90 valence electrons. The number of aryl methyl sites for hydroxylation is 1. The smallest absolute Gasteiger partial charge is 0.123 e. The molecule has 0 aromatic heterocycles. The van der Waals surface area contributed by atoms with Crippen LogP contribution in [0, 0.1) is 6.92 Å². The van der Waals surface area contributed by atoms with Crippen molar-refractivity contribution < 1.29 is 4.74 Å². The lowest BCUT2D eigenvalue weighted by Crippen LogP contribution is -2.11. The molecule has 0 spiro atoms. The summed E-state index contributed by atoms with van der Waals surface area (Å²) >= 11 is 0. The number of rotatable bonds is 5. The second kappa shape index (κ2) is 5.90. The first-order valence-corrected chi connectivity index (χ1v) is 6.02. The van der Waals surface area contributed by atoms with Crippen LogP contribution in [0.2, 0.25) is 0 Å². The van der Waals surface area contributed by atoms with Gasteiger partial charge in [0.15, 0.2) is 0 Å². The molecule has 2 heteroatoms. The van der Waals surface area contributed by atoms with Crippen LogP contribution in [0.3, 0.4) is 0 Å². The lowest BCUT2D eigenvalue weighted by atomic mass is 9.93. The van der Waals surface area contributed by atoms with Gasteiger partial charge in [0, 0.05) is 0 Å². The minimum atomic E-state index is 0.214. The zero-order valence-corrected chi connectivity index (χ0v) is 10.8. The lowest BCUT2D eigenvalue weighted by Gasteiger charge is -2.20. The number of hydrogen-bond acceptors (Lipinski definition) is 2. The molecule has 0 aliphatic rings. The van der Waals surface area contributed by atoms with Crippen LogP contribution in [0.15, 0.2) is 18.2 Å². The lowest BCUT2D eigenvalue weighted by molar-refractivity contribution is 0.238. The molecule has 0 heterocycles. The Balaban J connectivity index is 3.02. The maximum Gasteiger partial charge on any atom is 0.123 e. The van der Waals surface area contributed by atoms with Crippen LogP contribution in [-0.2, 0) is 0 Å². The molecule has 1 aromatic rings. The minimum absolute atomic E-state index is 0.214. The molecule has 1 atom stereocenters. The Morgan fingerprint density at radius 1 is 1.25 bits per heavy atom. The van der Waals surface area contributed by atoms with Gasteiger partial charge in [0.25, 0.3) is 0 Å². The van der Waals surface area contributed by atoms with Crippen molar-refractivity contribution in [2.24, 2.45) is 5.73 Å². The van der Waals surface area contributed by atoms with Gasteiger partial charge >= 0.3 is 0 Å². The Kier molecular flexibility index (Phi) is 4.81. The SMILES string of the molecule is Cc1cccc(OC(C)C)c1C(C)CCN. The average Bonchev–Trinajstić information content (AvgIpc) is 2.16. The summed E-state index contributed by atoms with van der Waals surface area (Å²) in [5, 5.41) is 0. The van der Waals surface area contributed by atoms with E-state index in [1.165, 1.54) is 11.1 Å². The van der Waals surface area contributed by atoms with Gasteiger partial charge in [0.1, 0.15) is 5.75 Å². The van der Waals surface area contributed by atoms with Crippen LogP contribution in [-0.4, -0.2) is 12.6 Å². The largest absolute Gasteiger partial charge is 0.491 e. The standard InChI is InChI=1S/C14H23NO/c1-10(2)16-13-7-5-6-11(3)14(13)12(4)8-9-15/h5-7,10,12H,8-9,15H2,1-4H3. The van der Waals surface area contributed by atoms with Crippen LogP contribution in [0.4, 0.5) is 0 Å². The van der Waals surface area contributed by atoms with Gasteiger partial charge in [-0.15, -0.1) is 0 Å². The van der Waals surface area contributed by atoms with Gasteiger partial charge in [0.2, 0.25) is 0 Å². The first-order chi connectivity index (χ1) is 7.56. The van der Waals surface area contributed by atoms with E-state index >= 15 is 0 Å². The third-order valence-corrected chi connectivity index (χ3v) is 2.74. The third kappa shape index (κ3) is 3.24. The summed E-state index contributed by atoms with van der Waals surface area (Å²) in [5.74, 6) is 1.47. The van der Waals surface area contributed by atoms with Gasteiger partial charge in [-0.25, -0.2) is 0 Å². The summed E-state index contributed by atoms with van der Waals surface area (Å²) in [7, 11) is 0. The van der Waals surface area contributed by atoms with Crippen molar-refractivity contribution in [1.82, 2.24) is 0 Å². The van der Waals surface area contributed by atoms with E-state index in [1.807, 2.05) is 6.07 Å². The molecule has 0 radical (unpaired) electrons. The fourth-order valence-electron chi connectivity index (χ4n) is 2.04. The second-order valence-corrected chi connectivity index (χ2v) is 4.63. The second-order valence-electron chi connectivity index (χ2n) is 4.63. The first-order valence-electron chi connectivity index (χ1n) is 6.02. The monoisotopic (exact) mass is 221 g/mol. The highest BCUT2D eigenvalue weighted by atomic mass is 16.5. The van der Waals surface area contributed by atoms with Crippen LogP contribution < -0.4 is 10.5 Å². The third-order valence-electron chi connectivity index (χ3n) is 2.74. The highest BCUT2D eigenvalue weighted by Gasteiger charge is 2.14. The molecule has 2 nitrogen and oxygen atoms in total. The molecular weight excluding hydrogens is 198 g/mol. The normalized spacial score (nSPS) is 12.9. The molecule has 0 saturated carbocycles. The van der Waals surface area contributed by atoms with Gasteiger partial charge in [-0.05, 0) is 56.8 Å². The van der Waals surface area contributed by atoms with Gasteiger partial charge in [-0.1, -0.05) is 19.1 Å². The number of hydrogen-bond donors (Lipinski definition) is 1. The quantitative estimate of drug-likeness (QED) is 0.828. The Bertz CT molecular complexity index is 334. The summed E-state index contributed by atoms with van der Waals surface area (Å²) in [5.41, 5.74) is 8.23. The predicted molar refractivity (Wildman–Crippen MR) is 69.0 cm³/mol. The van der Waals surface area contributed by atoms with Gasteiger partial charge in [-0.3, -0.25) is 0 Å². The fourth-order valence-corrected chi connectivity index (χ4v) is 2.04. The van der Waals surface area contributed by atoms with E-state index in [0.717, 1.165) is 18.7 Å². The van der Waals surface area contributed by atoms with E-state index in [-0.39, 0.29) is 6.10 Å². The average molecular weight is 221 g/mol. The van der Waals surface area contributed by atoms with Crippen molar-refractivity contribution in [1.29, 1.82) is 0 Å². The molecule has 0 fully saturated rings. The van der Waals surface area contributed by atoms with Crippen molar-refractivity contribution in [2.45, 2.75) is 46.1 Å².